The smallest absolute Gasteiger partial charge is 0.454 e. The Morgan fingerprint density at radius 3 is 1.64 bits per heavy atom. The van der Waals surface area contributed by atoms with Gasteiger partial charge in [0, 0.05) is 37.7 Å². The van der Waals surface area contributed by atoms with Crippen molar-refractivity contribution in [1.82, 2.24) is 4.98 Å². The van der Waals surface area contributed by atoms with Crippen LogP contribution in [-0.2, 0) is 9.31 Å². The van der Waals surface area contributed by atoms with Gasteiger partial charge in [-0.2, -0.15) is 0 Å². The fourth-order valence-electron chi connectivity index (χ4n) is 4.30. The van der Waals surface area contributed by atoms with Crippen molar-refractivity contribution in [3.05, 3.63) is 6.20 Å². The molecule has 1 fully saturated rings. The van der Waals surface area contributed by atoms with E-state index in [0.29, 0.717) is 22.3 Å². The van der Waals surface area contributed by atoms with Gasteiger partial charge < -0.3 is 13.7 Å². The maximum atomic E-state index is 6.30. The fourth-order valence-corrected chi connectivity index (χ4v) is 10.4. The van der Waals surface area contributed by atoms with Crippen molar-refractivity contribution in [2.24, 2.45) is 0 Å². The quantitative estimate of drug-likeness (QED) is 0.715. The summed E-state index contributed by atoms with van der Waals surface area (Å²) in [6.45, 7) is 22.1. The summed E-state index contributed by atoms with van der Waals surface area (Å²) in [6.07, 6.45) is 1.81. The zero-order valence-corrected chi connectivity index (χ0v) is 19.1. The van der Waals surface area contributed by atoms with E-state index in [1.54, 1.807) is 0 Å². The summed E-state index contributed by atoms with van der Waals surface area (Å²) in [5.74, 6) is 0. The van der Waals surface area contributed by atoms with Crippen LogP contribution in [0.1, 0.15) is 69.2 Å². The summed E-state index contributed by atoms with van der Waals surface area (Å²) in [6, 6.07) is 0. The standard InChI is InChI=1S/C18H34BNO3Si.Ar/c1-12(2)24(13(3)4,14(5)6)16-20-11-15(21-16)19-22-17(7,8)18(9,10)23-19;/h11-14H,1-10H3;. The minimum Gasteiger partial charge on any atom is -0.454 e. The third-order valence-electron chi connectivity index (χ3n) is 6.25. The van der Waals surface area contributed by atoms with Crippen LogP contribution in [0, 0.1) is 37.7 Å². The van der Waals surface area contributed by atoms with Crippen LogP contribution in [0.3, 0.4) is 0 Å². The largest absolute Gasteiger partial charge is 0.534 e. The maximum absolute atomic E-state index is 6.30. The Labute approximate surface area is 185 Å². The molecule has 0 aromatic carbocycles. The molecule has 0 radical (unpaired) electrons. The molecular formula is C18H34ArBNO3Si. The van der Waals surface area contributed by atoms with E-state index in [1.165, 1.54) is 0 Å². The van der Waals surface area contributed by atoms with E-state index in [-0.39, 0.29) is 48.9 Å². The van der Waals surface area contributed by atoms with Crippen LogP contribution >= 0.6 is 0 Å². The van der Waals surface area contributed by atoms with Gasteiger partial charge in [0.15, 0.2) is 19.2 Å². The van der Waals surface area contributed by atoms with Gasteiger partial charge in [-0.15, -0.1) is 0 Å². The number of hydrogen-bond donors (Lipinski definition) is 0. The van der Waals surface area contributed by atoms with Gasteiger partial charge >= 0.3 is 7.12 Å². The predicted molar refractivity (Wildman–Crippen MR) is 103 cm³/mol. The molecule has 1 aromatic rings. The number of oxazole rings is 1. The molecule has 2 heterocycles. The minimum atomic E-state index is -1.89. The van der Waals surface area contributed by atoms with Gasteiger partial charge in [-0.3, -0.25) is 0 Å². The molecule has 0 saturated carbocycles. The molecule has 1 saturated heterocycles. The van der Waals surface area contributed by atoms with E-state index >= 15 is 0 Å². The first-order valence-electron chi connectivity index (χ1n) is 9.18. The minimum absolute atomic E-state index is 0. The Hall–Kier alpha value is 0.672. The fraction of sp³-hybridized carbons (Fsp3) is 0.833. The molecule has 0 unspecified atom stereocenters. The van der Waals surface area contributed by atoms with Crippen LogP contribution in [0.15, 0.2) is 10.6 Å². The first-order valence-corrected chi connectivity index (χ1v) is 11.4. The molecule has 0 N–H and O–H groups in total. The van der Waals surface area contributed by atoms with Crippen LogP contribution in [-0.4, -0.2) is 31.4 Å². The van der Waals surface area contributed by atoms with Gasteiger partial charge in [0.1, 0.15) is 0 Å². The van der Waals surface area contributed by atoms with Crippen molar-refractivity contribution < 1.29 is 51.5 Å². The zero-order chi connectivity index (χ0) is 18.5. The second-order valence-corrected chi connectivity index (χ2v) is 14.8. The molecule has 2 rings (SSSR count). The molecular weight excluding hydrogens is 357 g/mol. The maximum Gasteiger partial charge on any atom is 0.534 e. The van der Waals surface area contributed by atoms with Crippen molar-refractivity contribution in [1.29, 1.82) is 0 Å². The second-order valence-electron chi connectivity index (χ2n) is 9.05. The van der Waals surface area contributed by atoms with Gasteiger partial charge in [-0.05, 0) is 44.3 Å². The first-order chi connectivity index (χ1) is 10.9. The van der Waals surface area contributed by atoms with Gasteiger partial charge in [0.25, 0.3) is 0 Å². The molecule has 0 bridgehead atoms. The Morgan fingerprint density at radius 2 is 1.28 bits per heavy atom. The molecule has 144 valence electrons. The van der Waals surface area contributed by atoms with Crippen LogP contribution in [0.5, 0.6) is 0 Å². The van der Waals surface area contributed by atoms with E-state index in [0.717, 1.165) is 5.51 Å². The van der Waals surface area contributed by atoms with E-state index in [1.807, 2.05) is 6.20 Å². The molecule has 25 heavy (non-hydrogen) atoms. The molecule has 0 aliphatic carbocycles. The van der Waals surface area contributed by atoms with Gasteiger partial charge in [-0.25, -0.2) is 4.98 Å². The molecule has 1 aliphatic heterocycles. The molecule has 7 heteroatoms. The topological polar surface area (TPSA) is 44.5 Å². The summed E-state index contributed by atoms with van der Waals surface area (Å²) in [4.78, 5) is 4.73. The molecule has 0 spiro atoms. The Morgan fingerprint density at radius 1 is 0.880 bits per heavy atom. The molecule has 1 aliphatic rings. The Bertz CT molecular complexity index is 549. The van der Waals surface area contributed by atoms with E-state index in [2.05, 4.69) is 69.2 Å². The number of nitrogens with zero attached hydrogens (tertiary/aromatic N) is 1. The second kappa shape index (κ2) is 7.96. The van der Waals surface area contributed by atoms with E-state index in [9.17, 15) is 0 Å². The third kappa shape index (κ3) is 3.95. The molecule has 0 amide bonds. The summed E-state index contributed by atoms with van der Waals surface area (Å²) >= 11 is 0. The van der Waals surface area contributed by atoms with Crippen molar-refractivity contribution in [3.63, 3.8) is 0 Å². The Balaban J connectivity index is 0.00000312. The van der Waals surface area contributed by atoms with Gasteiger partial charge in [0.2, 0.25) is 0 Å². The summed E-state index contributed by atoms with van der Waals surface area (Å²) < 4.78 is 18.5. The number of rotatable bonds is 5. The SMILES string of the molecule is CC(C)[Si](c1ncc(B2OC(C)(C)C(C)(C)O2)o1)(C(C)C)C(C)C.[Ar]. The van der Waals surface area contributed by atoms with Crippen molar-refractivity contribution in [2.45, 2.75) is 97.1 Å². The average molecular weight is 391 g/mol. The van der Waals surface area contributed by atoms with Crippen molar-refractivity contribution in [3.8, 4) is 0 Å². The van der Waals surface area contributed by atoms with Crippen LogP contribution in [0.25, 0.3) is 0 Å². The van der Waals surface area contributed by atoms with Crippen LogP contribution in [0.2, 0.25) is 16.6 Å². The predicted octanol–water partition coefficient (Wildman–Crippen LogP) is 3.86. The molecule has 0 atom stereocenters. The van der Waals surface area contributed by atoms with Gasteiger partial charge in [-0.1, -0.05) is 41.5 Å². The summed E-state index contributed by atoms with van der Waals surface area (Å²) in [5.41, 5.74) is 2.57. The summed E-state index contributed by atoms with van der Waals surface area (Å²) in [5, 5.41) is 0. The van der Waals surface area contributed by atoms with Crippen molar-refractivity contribution in [2.75, 3.05) is 0 Å². The van der Waals surface area contributed by atoms with E-state index in [4.69, 9.17) is 18.7 Å². The number of hydrogen-bond acceptors (Lipinski definition) is 4. The molecule has 4 nitrogen and oxygen atoms in total. The third-order valence-corrected chi connectivity index (χ3v) is 12.9. The molecule has 1 aromatic heterocycles. The van der Waals surface area contributed by atoms with Crippen molar-refractivity contribution >= 4 is 26.4 Å². The first kappa shape index (κ1) is 23.7. The normalized spacial score (nSPS) is 19.8. The van der Waals surface area contributed by atoms with Gasteiger partial charge in [0.05, 0.1) is 17.4 Å². The van der Waals surface area contributed by atoms with Crippen LogP contribution in [0.4, 0.5) is 0 Å². The van der Waals surface area contributed by atoms with Crippen LogP contribution < -0.4 is 11.2 Å². The summed E-state index contributed by atoms with van der Waals surface area (Å²) in [7, 11) is -2.37. The average Bonchev–Trinajstić information content (AvgIpc) is 2.93. The monoisotopic (exact) mass is 391 g/mol. The zero-order valence-electron chi connectivity index (χ0n) is 17.4. The number of aromatic nitrogens is 1. The Kier molecular flexibility index (Phi) is 7.55. The van der Waals surface area contributed by atoms with E-state index < -0.39 is 15.2 Å².